The number of benzene rings is 1. The zero-order valence-corrected chi connectivity index (χ0v) is 13.5. The fourth-order valence-corrected chi connectivity index (χ4v) is 2.90. The maximum absolute atomic E-state index is 11.6. The highest BCUT2D eigenvalue weighted by atomic mass is 16.7. The van der Waals surface area contributed by atoms with Crippen molar-refractivity contribution in [1.29, 1.82) is 0 Å². The molecular weight excluding hydrogens is 281 g/mol. The van der Waals surface area contributed by atoms with Gasteiger partial charge in [-0.15, -0.1) is 0 Å². The van der Waals surface area contributed by atoms with Gasteiger partial charge >= 0.3 is 13.2 Å². The SMILES string of the molecule is Cc1c(B2OC(C)(C)C(C)(C)O2)c2ccccc2n1C(=O)O. The number of hydrogen-bond acceptors (Lipinski definition) is 3. The summed E-state index contributed by atoms with van der Waals surface area (Å²) in [6.45, 7) is 9.73. The Morgan fingerprint density at radius 1 is 1.14 bits per heavy atom. The van der Waals surface area contributed by atoms with E-state index in [9.17, 15) is 9.90 Å². The summed E-state index contributed by atoms with van der Waals surface area (Å²) in [4.78, 5) is 11.6. The first-order chi connectivity index (χ1) is 10.2. The van der Waals surface area contributed by atoms with Crippen molar-refractivity contribution in [2.75, 3.05) is 0 Å². The van der Waals surface area contributed by atoms with Crippen LogP contribution in [0, 0.1) is 6.92 Å². The van der Waals surface area contributed by atoms with Gasteiger partial charge in [-0.2, -0.15) is 0 Å². The second-order valence-electron chi connectivity index (χ2n) is 6.72. The molecule has 1 aliphatic heterocycles. The Kier molecular flexibility index (Phi) is 3.16. The first-order valence-electron chi connectivity index (χ1n) is 7.34. The third-order valence-electron chi connectivity index (χ3n) is 4.84. The van der Waals surface area contributed by atoms with Crippen LogP contribution >= 0.6 is 0 Å². The minimum absolute atomic E-state index is 0.462. The maximum Gasteiger partial charge on any atom is 0.497 e. The maximum atomic E-state index is 11.6. The summed E-state index contributed by atoms with van der Waals surface area (Å²) >= 11 is 0. The number of nitrogens with zero attached hydrogens (tertiary/aromatic N) is 1. The number of fused-ring (bicyclic) bond motifs is 1. The first kappa shape index (κ1) is 15.1. The van der Waals surface area contributed by atoms with Crippen molar-refractivity contribution < 1.29 is 19.2 Å². The van der Waals surface area contributed by atoms with Gasteiger partial charge in [-0.1, -0.05) is 18.2 Å². The predicted octanol–water partition coefficient (Wildman–Crippen LogP) is 2.78. The van der Waals surface area contributed by atoms with Crippen LogP contribution in [-0.4, -0.2) is 34.1 Å². The third-order valence-corrected chi connectivity index (χ3v) is 4.84. The van der Waals surface area contributed by atoms with Gasteiger partial charge in [-0.25, -0.2) is 4.79 Å². The van der Waals surface area contributed by atoms with E-state index >= 15 is 0 Å². The minimum atomic E-state index is -1.00. The van der Waals surface area contributed by atoms with E-state index in [1.54, 1.807) is 13.0 Å². The molecule has 0 amide bonds. The van der Waals surface area contributed by atoms with Crippen LogP contribution in [0.4, 0.5) is 4.79 Å². The smallest absolute Gasteiger partial charge is 0.464 e. The zero-order valence-electron chi connectivity index (χ0n) is 13.5. The van der Waals surface area contributed by atoms with E-state index in [-0.39, 0.29) is 0 Å². The summed E-state index contributed by atoms with van der Waals surface area (Å²) < 4.78 is 13.5. The second kappa shape index (κ2) is 4.60. The Labute approximate surface area is 130 Å². The fraction of sp³-hybridized carbons (Fsp3) is 0.438. The molecular formula is C16H20BNO4. The van der Waals surface area contributed by atoms with Crippen LogP contribution in [0.3, 0.4) is 0 Å². The molecule has 22 heavy (non-hydrogen) atoms. The van der Waals surface area contributed by atoms with E-state index in [0.717, 1.165) is 10.8 Å². The minimum Gasteiger partial charge on any atom is -0.464 e. The van der Waals surface area contributed by atoms with Crippen molar-refractivity contribution in [2.45, 2.75) is 45.8 Å². The van der Waals surface area contributed by atoms with Gasteiger partial charge in [0.1, 0.15) is 0 Å². The van der Waals surface area contributed by atoms with E-state index in [4.69, 9.17) is 9.31 Å². The van der Waals surface area contributed by atoms with Gasteiger partial charge < -0.3 is 14.4 Å². The van der Waals surface area contributed by atoms with Crippen LogP contribution in [0.1, 0.15) is 33.4 Å². The molecule has 1 aliphatic rings. The molecule has 116 valence electrons. The lowest BCUT2D eigenvalue weighted by Crippen LogP contribution is -2.41. The molecule has 0 radical (unpaired) electrons. The molecule has 0 unspecified atom stereocenters. The molecule has 0 saturated carbocycles. The van der Waals surface area contributed by atoms with Crippen LogP contribution in [0.15, 0.2) is 24.3 Å². The molecule has 5 nitrogen and oxygen atoms in total. The van der Waals surface area contributed by atoms with Crippen molar-refractivity contribution in [2.24, 2.45) is 0 Å². The van der Waals surface area contributed by atoms with Gasteiger partial charge in [0, 0.05) is 16.5 Å². The highest BCUT2D eigenvalue weighted by molar-refractivity contribution is 6.66. The molecule has 3 rings (SSSR count). The summed E-state index contributed by atoms with van der Waals surface area (Å²) in [6, 6.07) is 7.42. The largest absolute Gasteiger partial charge is 0.497 e. The molecule has 2 heterocycles. The van der Waals surface area contributed by atoms with E-state index in [2.05, 4.69) is 0 Å². The summed E-state index contributed by atoms with van der Waals surface area (Å²) in [5, 5.41) is 10.4. The topological polar surface area (TPSA) is 60.7 Å². The fourth-order valence-electron chi connectivity index (χ4n) is 2.90. The molecule has 2 aromatic rings. The quantitative estimate of drug-likeness (QED) is 0.823. The van der Waals surface area contributed by atoms with Gasteiger partial charge in [0.25, 0.3) is 0 Å². The van der Waals surface area contributed by atoms with Gasteiger partial charge in [-0.3, -0.25) is 4.57 Å². The Morgan fingerprint density at radius 2 is 1.68 bits per heavy atom. The van der Waals surface area contributed by atoms with Crippen LogP contribution in [0.2, 0.25) is 0 Å². The Hall–Kier alpha value is -1.79. The van der Waals surface area contributed by atoms with Crippen LogP contribution in [0.5, 0.6) is 0 Å². The van der Waals surface area contributed by atoms with Gasteiger partial charge in [0.2, 0.25) is 0 Å². The average Bonchev–Trinajstić information content (AvgIpc) is 2.79. The van der Waals surface area contributed by atoms with Crippen molar-refractivity contribution in [3.05, 3.63) is 30.0 Å². The Bertz CT molecular complexity index is 747. The molecule has 1 N–H and O–H groups in total. The average molecular weight is 301 g/mol. The number of carboxylic acid groups (broad SMARTS) is 1. The number of carbonyl (C=O) groups is 1. The normalized spacial score (nSPS) is 19.8. The van der Waals surface area contributed by atoms with E-state index in [1.165, 1.54) is 4.57 Å². The highest BCUT2D eigenvalue weighted by Gasteiger charge is 2.53. The lowest BCUT2D eigenvalue weighted by molar-refractivity contribution is 0.00578. The number of para-hydroxylation sites is 1. The van der Waals surface area contributed by atoms with Crippen LogP contribution in [-0.2, 0) is 9.31 Å². The standard InChI is InChI=1S/C16H20BNO4/c1-10-13(17-21-15(2,3)16(4,5)22-17)11-8-6-7-9-12(11)18(10)14(19)20/h6-9H,1-5H3,(H,19,20). The zero-order chi connectivity index (χ0) is 16.3. The summed E-state index contributed by atoms with van der Waals surface area (Å²) in [5.74, 6) is 0. The Morgan fingerprint density at radius 3 is 2.23 bits per heavy atom. The van der Waals surface area contributed by atoms with E-state index < -0.39 is 24.4 Å². The molecule has 0 atom stereocenters. The summed E-state index contributed by atoms with van der Waals surface area (Å²) in [7, 11) is -0.574. The Balaban J connectivity index is 2.21. The predicted molar refractivity (Wildman–Crippen MR) is 85.8 cm³/mol. The van der Waals surface area contributed by atoms with Gasteiger partial charge in [0.15, 0.2) is 0 Å². The van der Waals surface area contributed by atoms with E-state index in [0.29, 0.717) is 11.2 Å². The number of aromatic nitrogens is 1. The third kappa shape index (κ3) is 1.98. The molecule has 0 aliphatic carbocycles. The second-order valence-corrected chi connectivity index (χ2v) is 6.72. The molecule has 0 bridgehead atoms. The monoisotopic (exact) mass is 301 g/mol. The molecule has 1 aromatic carbocycles. The number of hydrogen-bond donors (Lipinski definition) is 1. The first-order valence-corrected chi connectivity index (χ1v) is 7.34. The molecule has 1 aromatic heterocycles. The molecule has 1 fully saturated rings. The van der Waals surface area contributed by atoms with Crippen molar-refractivity contribution in [3.63, 3.8) is 0 Å². The van der Waals surface area contributed by atoms with Crippen molar-refractivity contribution in [1.82, 2.24) is 4.57 Å². The lowest BCUT2D eigenvalue weighted by Gasteiger charge is -2.32. The van der Waals surface area contributed by atoms with Crippen molar-refractivity contribution in [3.8, 4) is 0 Å². The molecule has 6 heteroatoms. The van der Waals surface area contributed by atoms with Crippen LogP contribution in [0.25, 0.3) is 10.9 Å². The number of rotatable bonds is 1. The summed E-state index contributed by atoms with van der Waals surface area (Å²) in [6.07, 6.45) is -1.00. The molecule has 0 spiro atoms. The van der Waals surface area contributed by atoms with Gasteiger partial charge in [0.05, 0.1) is 16.7 Å². The van der Waals surface area contributed by atoms with E-state index in [1.807, 2.05) is 45.9 Å². The van der Waals surface area contributed by atoms with Crippen LogP contribution < -0.4 is 5.46 Å². The lowest BCUT2D eigenvalue weighted by atomic mass is 9.77. The molecule has 1 saturated heterocycles. The summed E-state index contributed by atoms with van der Waals surface area (Å²) in [5.41, 5.74) is 1.15. The van der Waals surface area contributed by atoms with Gasteiger partial charge in [-0.05, 0) is 40.7 Å². The van der Waals surface area contributed by atoms with Crippen molar-refractivity contribution >= 4 is 29.6 Å². The highest BCUT2D eigenvalue weighted by Crippen LogP contribution is 2.37.